The Hall–Kier alpha value is -3.52. The molecule has 0 amide bonds. The maximum atomic E-state index is 13.1. The molecule has 0 saturated heterocycles. The summed E-state index contributed by atoms with van der Waals surface area (Å²) >= 11 is 1.43. The maximum Gasteiger partial charge on any atom is 0.231 e. The zero-order valence-corrected chi connectivity index (χ0v) is 19.6. The molecule has 7 nitrogen and oxygen atoms in total. The summed E-state index contributed by atoms with van der Waals surface area (Å²) in [7, 11) is 1.67. The highest BCUT2D eigenvalue weighted by Crippen LogP contribution is 2.25. The number of thioether (sulfide) groups is 1. The van der Waals surface area contributed by atoms with E-state index in [0.29, 0.717) is 11.5 Å². The van der Waals surface area contributed by atoms with Crippen LogP contribution in [0.2, 0.25) is 0 Å². The van der Waals surface area contributed by atoms with Crippen molar-refractivity contribution in [2.75, 3.05) is 12.9 Å². The van der Waals surface area contributed by atoms with E-state index in [9.17, 15) is 4.79 Å². The summed E-state index contributed by atoms with van der Waals surface area (Å²) in [5.74, 6) is 1.96. The highest BCUT2D eigenvalue weighted by Gasteiger charge is 2.18. The van der Waals surface area contributed by atoms with E-state index in [0.717, 1.165) is 51.9 Å². The molecule has 0 unspecified atom stereocenters. The van der Waals surface area contributed by atoms with E-state index in [4.69, 9.17) is 4.74 Å². The van der Waals surface area contributed by atoms with Crippen LogP contribution in [0.15, 0.2) is 59.8 Å². The Morgan fingerprint density at radius 3 is 2.70 bits per heavy atom. The van der Waals surface area contributed by atoms with Gasteiger partial charge in [0, 0.05) is 23.5 Å². The minimum absolute atomic E-state index is 0.101. The molecule has 8 heteroatoms. The van der Waals surface area contributed by atoms with Gasteiger partial charge in [-0.2, -0.15) is 0 Å². The number of aromatic nitrogens is 5. The Bertz CT molecular complexity index is 1450. The molecule has 0 fully saturated rings. The first-order chi connectivity index (χ1) is 16.0. The van der Waals surface area contributed by atoms with Gasteiger partial charge in [-0.15, -0.1) is 5.10 Å². The molecule has 0 bridgehead atoms. The summed E-state index contributed by atoms with van der Waals surface area (Å²) in [6.07, 6.45) is 0.891. The third-order valence-electron chi connectivity index (χ3n) is 5.99. The van der Waals surface area contributed by atoms with E-state index in [-0.39, 0.29) is 5.78 Å². The Balaban J connectivity index is 1.29. The first-order valence-corrected chi connectivity index (χ1v) is 11.8. The number of hydrogen-bond donors (Lipinski definition) is 1. The lowest BCUT2D eigenvalue weighted by Crippen LogP contribution is -2.08. The fraction of sp³-hybridized carbons (Fsp3) is 0.240. The molecule has 0 aliphatic carbocycles. The second-order valence-corrected chi connectivity index (χ2v) is 8.95. The van der Waals surface area contributed by atoms with E-state index in [2.05, 4.69) is 38.8 Å². The van der Waals surface area contributed by atoms with Gasteiger partial charge in [0.15, 0.2) is 10.9 Å². The second-order valence-electron chi connectivity index (χ2n) is 8.01. The van der Waals surface area contributed by atoms with Gasteiger partial charge in [0.05, 0.1) is 23.9 Å². The molecule has 0 atom stereocenters. The lowest BCUT2D eigenvalue weighted by molar-refractivity contribution is 0.102. The third kappa shape index (κ3) is 4.02. The smallest absolute Gasteiger partial charge is 0.231 e. The molecule has 5 aromatic rings. The fourth-order valence-corrected chi connectivity index (χ4v) is 5.05. The van der Waals surface area contributed by atoms with Gasteiger partial charge in [0.25, 0.3) is 0 Å². The van der Waals surface area contributed by atoms with Crippen LogP contribution in [0.4, 0.5) is 0 Å². The van der Waals surface area contributed by atoms with Gasteiger partial charge >= 0.3 is 0 Å². The summed E-state index contributed by atoms with van der Waals surface area (Å²) in [4.78, 5) is 17.6. The molecule has 3 aromatic heterocycles. The topological polar surface area (TPSA) is 77.2 Å². The third-order valence-corrected chi connectivity index (χ3v) is 6.93. The maximum absolute atomic E-state index is 13.1. The minimum Gasteiger partial charge on any atom is -0.497 e. The first-order valence-electron chi connectivity index (χ1n) is 10.8. The van der Waals surface area contributed by atoms with Crippen LogP contribution < -0.4 is 4.74 Å². The van der Waals surface area contributed by atoms with E-state index in [1.807, 2.05) is 53.8 Å². The number of carbonyl (C=O) groups is 1. The van der Waals surface area contributed by atoms with Gasteiger partial charge in [0.1, 0.15) is 5.75 Å². The molecule has 0 radical (unpaired) electrons. The monoisotopic (exact) mass is 459 g/mol. The molecule has 5 rings (SSSR count). The van der Waals surface area contributed by atoms with Crippen molar-refractivity contribution in [3.05, 3.63) is 77.1 Å². The predicted octanol–water partition coefficient (Wildman–Crippen LogP) is 4.86. The van der Waals surface area contributed by atoms with Crippen molar-refractivity contribution in [3.8, 4) is 5.75 Å². The van der Waals surface area contributed by atoms with Crippen molar-refractivity contribution in [1.29, 1.82) is 0 Å². The summed E-state index contributed by atoms with van der Waals surface area (Å²) in [6.45, 7) is 4.90. The normalized spacial score (nSPS) is 11.5. The SMILES string of the molecule is COc1ccc(CCn2c(C)cc(C(=O)CSc3n[nH]c4nc5ccccc5n34)c2C)cc1. The zero-order chi connectivity index (χ0) is 22.9. The summed E-state index contributed by atoms with van der Waals surface area (Å²) in [5, 5.41) is 8.06. The quantitative estimate of drug-likeness (QED) is 0.265. The number of carbonyl (C=O) groups excluding carboxylic acids is 1. The predicted molar refractivity (Wildman–Crippen MR) is 131 cm³/mol. The minimum atomic E-state index is 0.101. The number of hydrogen-bond acceptors (Lipinski definition) is 5. The van der Waals surface area contributed by atoms with Crippen LogP contribution in [-0.2, 0) is 13.0 Å². The Kier molecular flexibility index (Phi) is 5.68. The number of nitrogens with one attached hydrogen (secondary N) is 1. The number of methoxy groups -OCH3 is 1. The van der Waals surface area contributed by atoms with Crippen LogP contribution in [0, 0.1) is 13.8 Å². The van der Waals surface area contributed by atoms with Crippen molar-refractivity contribution < 1.29 is 9.53 Å². The number of aryl methyl sites for hydroxylation is 2. The van der Waals surface area contributed by atoms with Gasteiger partial charge in [0.2, 0.25) is 5.78 Å². The second kappa shape index (κ2) is 8.78. The molecule has 168 valence electrons. The Morgan fingerprint density at radius 1 is 1.12 bits per heavy atom. The van der Waals surface area contributed by atoms with Crippen LogP contribution in [-0.4, -0.2) is 42.8 Å². The standard InChI is InChI=1S/C25H25N5O2S/c1-16-14-20(17(2)29(16)13-12-18-8-10-19(32-3)11-9-18)23(31)15-33-25-28-27-24-26-21-6-4-5-7-22(21)30(24)25/h4-11,14H,12-13,15H2,1-3H3,(H,26,27). The number of imidazole rings is 1. The number of aromatic amines is 1. The highest BCUT2D eigenvalue weighted by atomic mass is 32.2. The summed E-state index contributed by atoms with van der Waals surface area (Å²) in [6, 6.07) is 18.0. The van der Waals surface area contributed by atoms with E-state index < -0.39 is 0 Å². The van der Waals surface area contributed by atoms with Crippen LogP contribution in [0.25, 0.3) is 16.8 Å². The average Bonchev–Trinajstić information content (AvgIpc) is 3.48. The van der Waals surface area contributed by atoms with Crippen LogP contribution in [0.3, 0.4) is 0 Å². The number of ketones is 1. The number of para-hydroxylation sites is 2. The molecule has 0 aliphatic rings. The number of H-pyrrole nitrogens is 1. The number of Topliss-reactive ketones (excluding diaryl/α,β-unsaturated/α-hetero) is 1. The van der Waals surface area contributed by atoms with Gasteiger partial charge in [-0.3, -0.25) is 9.20 Å². The largest absolute Gasteiger partial charge is 0.497 e. The fourth-order valence-electron chi connectivity index (χ4n) is 4.21. The van der Waals surface area contributed by atoms with E-state index in [1.54, 1.807) is 7.11 Å². The van der Waals surface area contributed by atoms with E-state index >= 15 is 0 Å². The molecule has 1 N–H and O–H groups in total. The van der Waals surface area contributed by atoms with Crippen molar-refractivity contribution in [1.82, 2.24) is 24.1 Å². The van der Waals surface area contributed by atoms with Crippen molar-refractivity contribution >= 4 is 34.4 Å². The van der Waals surface area contributed by atoms with Gasteiger partial charge in [-0.1, -0.05) is 36.0 Å². The van der Waals surface area contributed by atoms with Crippen LogP contribution >= 0.6 is 11.8 Å². The summed E-state index contributed by atoms with van der Waals surface area (Å²) in [5.41, 5.74) is 6.00. The van der Waals surface area contributed by atoms with Crippen molar-refractivity contribution in [2.45, 2.75) is 32.0 Å². The average molecular weight is 460 g/mol. The molecule has 0 saturated carbocycles. The molecular weight excluding hydrogens is 434 g/mol. The molecular formula is C25H25N5O2S. The lowest BCUT2D eigenvalue weighted by atomic mass is 10.1. The Labute approximate surface area is 195 Å². The van der Waals surface area contributed by atoms with Crippen LogP contribution in [0.5, 0.6) is 5.75 Å². The number of rotatable bonds is 8. The number of fused-ring (bicyclic) bond motifs is 3. The van der Waals surface area contributed by atoms with Gasteiger partial charge in [-0.05, 0) is 56.2 Å². The molecule has 0 aliphatic heterocycles. The van der Waals surface area contributed by atoms with Crippen LogP contribution in [0.1, 0.15) is 27.3 Å². The van der Waals surface area contributed by atoms with Gasteiger partial charge < -0.3 is 9.30 Å². The lowest BCUT2D eigenvalue weighted by Gasteiger charge is -2.10. The molecule has 2 aromatic carbocycles. The van der Waals surface area contributed by atoms with Crippen molar-refractivity contribution in [2.24, 2.45) is 0 Å². The molecule has 0 spiro atoms. The zero-order valence-electron chi connectivity index (χ0n) is 18.8. The Morgan fingerprint density at radius 2 is 1.91 bits per heavy atom. The summed E-state index contributed by atoms with van der Waals surface area (Å²) < 4.78 is 9.42. The molecule has 3 heterocycles. The first kappa shape index (κ1) is 21.3. The van der Waals surface area contributed by atoms with Crippen molar-refractivity contribution in [3.63, 3.8) is 0 Å². The van der Waals surface area contributed by atoms with Gasteiger partial charge in [-0.25, -0.2) is 10.1 Å². The molecule has 33 heavy (non-hydrogen) atoms. The number of benzene rings is 2. The number of ether oxygens (including phenoxy) is 1. The van der Waals surface area contributed by atoms with E-state index in [1.165, 1.54) is 17.3 Å². The number of nitrogens with zero attached hydrogens (tertiary/aromatic N) is 4. The highest BCUT2D eigenvalue weighted by molar-refractivity contribution is 7.99.